The molecule has 242 valence electrons. The highest BCUT2D eigenvalue weighted by atomic mass is 16.3. The van der Waals surface area contributed by atoms with E-state index in [9.17, 15) is 0 Å². The topological polar surface area (TPSA) is 56.7 Å². The van der Waals surface area contributed by atoms with Crippen LogP contribution in [0.2, 0.25) is 0 Å². The molecule has 0 aliphatic heterocycles. The van der Waals surface area contributed by atoms with E-state index < -0.39 is 0 Å². The minimum absolute atomic E-state index is 0.584. The van der Waals surface area contributed by atoms with Gasteiger partial charge in [-0.3, -0.25) is 0 Å². The van der Waals surface area contributed by atoms with Crippen molar-refractivity contribution < 1.29 is 4.42 Å². The van der Waals surface area contributed by atoms with Gasteiger partial charge in [0.1, 0.15) is 11.2 Å². The van der Waals surface area contributed by atoms with Gasteiger partial charge in [0.15, 0.2) is 17.5 Å². The molecule has 0 atom stereocenters. The van der Waals surface area contributed by atoms with Crippen molar-refractivity contribution in [2.24, 2.45) is 0 Å². The molecular weight excluding hydrogens is 637 g/mol. The average Bonchev–Trinajstić information content (AvgIpc) is 3.76. The lowest BCUT2D eigenvalue weighted by Crippen LogP contribution is -2.02. The Labute approximate surface area is 298 Å². The zero-order chi connectivity index (χ0) is 34.2. The number of hydrogen-bond acceptors (Lipinski definition) is 4. The molecule has 11 aromatic rings. The van der Waals surface area contributed by atoms with Crippen LogP contribution in [-0.2, 0) is 0 Å². The van der Waals surface area contributed by atoms with Crippen molar-refractivity contribution in [3.05, 3.63) is 170 Å². The minimum atomic E-state index is 0.584. The Hall–Kier alpha value is -7.11. The third-order valence-corrected chi connectivity index (χ3v) is 10.2. The number of rotatable bonds is 4. The molecule has 52 heavy (non-hydrogen) atoms. The molecule has 0 aliphatic carbocycles. The quantitative estimate of drug-likeness (QED) is 0.188. The van der Waals surface area contributed by atoms with Gasteiger partial charge in [0.05, 0.1) is 16.7 Å². The van der Waals surface area contributed by atoms with E-state index in [1.807, 2.05) is 42.5 Å². The van der Waals surface area contributed by atoms with E-state index in [2.05, 4.69) is 132 Å². The van der Waals surface area contributed by atoms with Gasteiger partial charge >= 0.3 is 0 Å². The first-order chi connectivity index (χ1) is 25.8. The van der Waals surface area contributed by atoms with Gasteiger partial charge in [-0.1, -0.05) is 140 Å². The maximum Gasteiger partial charge on any atom is 0.164 e. The molecule has 0 spiro atoms. The van der Waals surface area contributed by atoms with E-state index in [0.29, 0.717) is 17.5 Å². The zero-order valence-electron chi connectivity index (χ0n) is 27.9. The molecule has 5 nitrogen and oxygen atoms in total. The van der Waals surface area contributed by atoms with Crippen LogP contribution in [0.4, 0.5) is 0 Å². The number of benzene rings is 8. The fourth-order valence-electron chi connectivity index (χ4n) is 7.81. The van der Waals surface area contributed by atoms with Crippen LogP contribution in [-0.4, -0.2) is 19.5 Å². The highest BCUT2D eigenvalue weighted by Crippen LogP contribution is 2.42. The fourth-order valence-corrected chi connectivity index (χ4v) is 7.81. The molecule has 5 heteroatoms. The summed E-state index contributed by atoms with van der Waals surface area (Å²) in [4.78, 5) is 15.6. The highest BCUT2D eigenvalue weighted by molar-refractivity contribution is 6.19. The Kier molecular flexibility index (Phi) is 6.18. The van der Waals surface area contributed by atoms with Crippen LogP contribution in [0.5, 0.6) is 0 Å². The van der Waals surface area contributed by atoms with Crippen molar-refractivity contribution in [1.29, 1.82) is 0 Å². The standard InChI is InChI=1S/C47H28N4O/c1-2-14-31(15-3-1)45-48-46(33-23-22-29-12-4-5-16-32(29)26-33)50-47(49-45)39-27-34(28-42-43(39)38-19-9-11-21-41(38)52-42)51-40-20-10-8-18-36(40)37-25-24-30-13-6-7-17-35(30)44(37)51/h1-28H. The summed E-state index contributed by atoms with van der Waals surface area (Å²) in [6.07, 6.45) is 0. The number of aromatic nitrogens is 4. The van der Waals surface area contributed by atoms with Crippen molar-refractivity contribution >= 4 is 65.3 Å². The van der Waals surface area contributed by atoms with Crippen molar-refractivity contribution in [2.75, 3.05) is 0 Å². The van der Waals surface area contributed by atoms with Gasteiger partial charge in [-0.05, 0) is 40.4 Å². The Balaban J connectivity index is 1.25. The summed E-state index contributed by atoms with van der Waals surface area (Å²) in [5, 5.41) is 9.06. The van der Waals surface area contributed by atoms with Gasteiger partial charge < -0.3 is 8.98 Å². The average molecular weight is 665 g/mol. The number of hydrogen-bond donors (Lipinski definition) is 0. The largest absolute Gasteiger partial charge is 0.456 e. The van der Waals surface area contributed by atoms with Crippen LogP contribution in [0.25, 0.3) is 105 Å². The molecule has 0 bridgehead atoms. The Bertz CT molecular complexity index is 3190. The van der Waals surface area contributed by atoms with Crippen LogP contribution >= 0.6 is 0 Å². The predicted octanol–water partition coefficient (Wildman–Crippen LogP) is 12.2. The van der Waals surface area contributed by atoms with Crippen molar-refractivity contribution in [3.63, 3.8) is 0 Å². The van der Waals surface area contributed by atoms with Crippen LogP contribution in [0, 0.1) is 0 Å². The van der Waals surface area contributed by atoms with Crippen molar-refractivity contribution in [1.82, 2.24) is 19.5 Å². The van der Waals surface area contributed by atoms with E-state index in [1.54, 1.807) is 0 Å². The summed E-state index contributed by atoms with van der Waals surface area (Å²) in [6, 6.07) is 59.2. The Morgan fingerprint density at radius 3 is 1.92 bits per heavy atom. The van der Waals surface area contributed by atoms with Crippen LogP contribution in [0.3, 0.4) is 0 Å². The fraction of sp³-hybridized carbons (Fsp3) is 0. The maximum atomic E-state index is 6.66. The molecule has 0 fully saturated rings. The number of furan rings is 1. The molecule has 0 saturated heterocycles. The van der Waals surface area contributed by atoms with Gasteiger partial charge in [-0.25, -0.2) is 15.0 Å². The van der Waals surface area contributed by atoms with E-state index in [-0.39, 0.29) is 0 Å². The van der Waals surface area contributed by atoms with Crippen LogP contribution in [0.15, 0.2) is 174 Å². The van der Waals surface area contributed by atoms with Crippen molar-refractivity contribution in [2.45, 2.75) is 0 Å². The molecule has 0 unspecified atom stereocenters. The van der Waals surface area contributed by atoms with Gasteiger partial charge in [-0.15, -0.1) is 0 Å². The first-order valence-electron chi connectivity index (χ1n) is 17.4. The van der Waals surface area contributed by atoms with Gasteiger partial charge in [-0.2, -0.15) is 0 Å². The second-order valence-corrected chi connectivity index (χ2v) is 13.2. The number of para-hydroxylation sites is 2. The molecule has 0 amide bonds. The van der Waals surface area contributed by atoms with Crippen LogP contribution in [0.1, 0.15) is 0 Å². The lowest BCUT2D eigenvalue weighted by Gasteiger charge is -2.14. The predicted molar refractivity (Wildman–Crippen MR) is 213 cm³/mol. The summed E-state index contributed by atoms with van der Waals surface area (Å²) >= 11 is 0. The molecular formula is C47H28N4O. The van der Waals surface area contributed by atoms with Crippen LogP contribution < -0.4 is 0 Å². The van der Waals surface area contributed by atoms with Crippen molar-refractivity contribution in [3.8, 4) is 39.9 Å². The lowest BCUT2D eigenvalue weighted by molar-refractivity contribution is 0.668. The van der Waals surface area contributed by atoms with E-state index >= 15 is 0 Å². The molecule has 0 N–H and O–H groups in total. The second-order valence-electron chi connectivity index (χ2n) is 13.2. The molecule has 3 heterocycles. The molecule has 8 aromatic carbocycles. The third-order valence-electron chi connectivity index (χ3n) is 10.2. The third kappa shape index (κ3) is 4.39. The molecule has 0 radical (unpaired) electrons. The molecule has 0 aliphatic rings. The first kappa shape index (κ1) is 28.7. The minimum Gasteiger partial charge on any atom is -0.456 e. The SMILES string of the molecule is c1ccc(-c2nc(-c3ccc4ccccc4c3)nc(-c3cc(-n4c5ccccc5c5ccc6ccccc6c54)cc4oc5ccccc5c34)n2)cc1. The van der Waals surface area contributed by atoms with Gasteiger partial charge in [0.2, 0.25) is 0 Å². The number of nitrogens with zero attached hydrogens (tertiary/aromatic N) is 4. The first-order valence-corrected chi connectivity index (χ1v) is 17.4. The summed E-state index contributed by atoms with van der Waals surface area (Å²) in [5.41, 5.74) is 7.56. The Morgan fingerprint density at radius 1 is 0.404 bits per heavy atom. The van der Waals surface area contributed by atoms with Gasteiger partial charge in [0, 0.05) is 49.7 Å². The lowest BCUT2D eigenvalue weighted by atomic mass is 10.0. The normalized spacial score (nSPS) is 11.8. The summed E-state index contributed by atoms with van der Waals surface area (Å²) in [6.45, 7) is 0. The maximum absolute atomic E-state index is 6.66. The zero-order valence-corrected chi connectivity index (χ0v) is 27.9. The van der Waals surface area contributed by atoms with Gasteiger partial charge in [0.25, 0.3) is 0 Å². The van der Waals surface area contributed by atoms with E-state index in [4.69, 9.17) is 19.4 Å². The summed E-state index contributed by atoms with van der Waals surface area (Å²) < 4.78 is 9.03. The monoisotopic (exact) mass is 664 g/mol. The molecule has 0 saturated carbocycles. The summed E-state index contributed by atoms with van der Waals surface area (Å²) in [5.74, 6) is 1.81. The van der Waals surface area contributed by atoms with E-state index in [1.165, 1.54) is 26.9 Å². The highest BCUT2D eigenvalue weighted by Gasteiger charge is 2.22. The second kappa shape index (κ2) is 11.2. The molecule has 3 aromatic heterocycles. The van der Waals surface area contributed by atoms with E-state index in [0.717, 1.165) is 60.7 Å². The smallest absolute Gasteiger partial charge is 0.164 e. The molecule has 11 rings (SSSR count). The summed E-state index contributed by atoms with van der Waals surface area (Å²) in [7, 11) is 0. The Morgan fingerprint density at radius 2 is 1.06 bits per heavy atom. The number of fused-ring (bicyclic) bond motifs is 9.